The molecule has 0 saturated carbocycles. The molecule has 3 heteroatoms. The number of likely N-dealkylation sites (N-methyl/N-ethyl adjacent to an activating group) is 1. The number of hydrogen-bond donors (Lipinski definition) is 1. The smallest absolute Gasteiger partial charge is 0.312 e. The number of rotatable bonds is 2. The minimum Gasteiger partial charge on any atom is -0.333 e. The Hall–Kier alpha value is -0.570. The molecule has 1 heterocycles. The summed E-state index contributed by atoms with van der Waals surface area (Å²) in [5.74, 6) is 0. The van der Waals surface area contributed by atoms with Crippen LogP contribution >= 0.6 is 0 Å². The van der Waals surface area contributed by atoms with Gasteiger partial charge in [-0.15, -0.1) is 0 Å². The number of amides is 1. The molecule has 1 fully saturated rings. The Bertz CT molecular complexity index is 110. The van der Waals surface area contributed by atoms with Crippen molar-refractivity contribution in [3.8, 4) is 0 Å². The van der Waals surface area contributed by atoms with Crippen LogP contribution in [0.2, 0.25) is 0 Å². The molecule has 1 radical (unpaired) electrons. The Morgan fingerprint density at radius 1 is 1.70 bits per heavy atom. The first kappa shape index (κ1) is 7.54. The lowest BCUT2D eigenvalue weighted by atomic mass is 10.1. The first-order valence-corrected chi connectivity index (χ1v) is 3.66. The van der Waals surface area contributed by atoms with E-state index < -0.39 is 0 Å². The quantitative estimate of drug-likeness (QED) is 0.537. The number of nitrogens with zero attached hydrogens (tertiary/aromatic N) is 1. The zero-order valence-corrected chi connectivity index (χ0v) is 6.26. The fraction of sp³-hybridized carbons (Fsp3) is 0.857. The summed E-state index contributed by atoms with van der Waals surface area (Å²) >= 11 is 0. The van der Waals surface area contributed by atoms with Crippen LogP contribution in [0.4, 0.5) is 0 Å². The van der Waals surface area contributed by atoms with Gasteiger partial charge < -0.3 is 10.2 Å². The second kappa shape index (κ2) is 3.56. The van der Waals surface area contributed by atoms with E-state index in [9.17, 15) is 4.79 Å². The van der Waals surface area contributed by atoms with Crippen LogP contribution in [0.25, 0.3) is 0 Å². The van der Waals surface area contributed by atoms with Crippen LogP contribution < -0.4 is 5.32 Å². The van der Waals surface area contributed by atoms with Gasteiger partial charge in [0.2, 0.25) is 0 Å². The highest BCUT2D eigenvalue weighted by Gasteiger charge is 2.15. The van der Waals surface area contributed by atoms with Gasteiger partial charge in [-0.1, -0.05) is 0 Å². The SMILES string of the molecule is CN([C]=O)C1CCCNC1. The summed E-state index contributed by atoms with van der Waals surface area (Å²) in [5, 5.41) is 3.23. The molecule has 1 unspecified atom stereocenters. The molecule has 0 aliphatic carbocycles. The van der Waals surface area contributed by atoms with Gasteiger partial charge in [0.1, 0.15) is 0 Å². The number of hydrogen-bond acceptors (Lipinski definition) is 2. The summed E-state index contributed by atoms with van der Waals surface area (Å²) in [5.41, 5.74) is 0. The summed E-state index contributed by atoms with van der Waals surface area (Å²) in [6, 6.07) is 0.367. The van der Waals surface area contributed by atoms with Crippen LogP contribution in [0.3, 0.4) is 0 Å². The summed E-state index contributed by atoms with van der Waals surface area (Å²) in [6.07, 6.45) is 4.15. The third-order valence-corrected chi connectivity index (χ3v) is 1.96. The van der Waals surface area contributed by atoms with Gasteiger partial charge in [-0.2, -0.15) is 0 Å². The fourth-order valence-corrected chi connectivity index (χ4v) is 1.24. The monoisotopic (exact) mass is 141 g/mol. The van der Waals surface area contributed by atoms with Crippen molar-refractivity contribution in [2.24, 2.45) is 0 Å². The number of carbonyl (C=O) groups excluding carboxylic acids is 1. The molecule has 0 aromatic rings. The van der Waals surface area contributed by atoms with Gasteiger partial charge in [-0.3, -0.25) is 4.79 Å². The molecule has 1 atom stereocenters. The second-order valence-electron chi connectivity index (χ2n) is 2.70. The maximum Gasteiger partial charge on any atom is 0.312 e. The average molecular weight is 141 g/mol. The number of piperidine rings is 1. The van der Waals surface area contributed by atoms with Crippen molar-refractivity contribution in [1.29, 1.82) is 0 Å². The van der Waals surface area contributed by atoms with Gasteiger partial charge in [-0.05, 0) is 19.4 Å². The lowest BCUT2D eigenvalue weighted by Gasteiger charge is -2.27. The minimum absolute atomic E-state index is 0.367. The molecule has 0 spiro atoms. The molecule has 57 valence electrons. The first-order valence-electron chi connectivity index (χ1n) is 3.66. The van der Waals surface area contributed by atoms with E-state index in [0.29, 0.717) is 6.04 Å². The molecule has 1 amide bonds. The molecule has 1 aliphatic rings. The fourth-order valence-electron chi connectivity index (χ4n) is 1.24. The zero-order valence-electron chi connectivity index (χ0n) is 6.26. The molecular formula is C7H13N2O. The van der Waals surface area contributed by atoms with E-state index in [2.05, 4.69) is 5.32 Å². The topological polar surface area (TPSA) is 32.3 Å². The third kappa shape index (κ3) is 1.70. The van der Waals surface area contributed by atoms with Gasteiger partial charge in [0.15, 0.2) is 0 Å². The van der Waals surface area contributed by atoms with Crippen molar-refractivity contribution in [3.05, 3.63) is 0 Å². The van der Waals surface area contributed by atoms with E-state index in [4.69, 9.17) is 0 Å². The van der Waals surface area contributed by atoms with E-state index in [-0.39, 0.29) is 0 Å². The largest absolute Gasteiger partial charge is 0.333 e. The van der Waals surface area contributed by atoms with E-state index in [1.165, 1.54) is 0 Å². The predicted octanol–water partition coefficient (Wildman–Crippen LogP) is -0.263. The van der Waals surface area contributed by atoms with E-state index in [0.717, 1.165) is 25.9 Å². The zero-order chi connectivity index (χ0) is 7.40. The predicted molar refractivity (Wildman–Crippen MR) is 39.3 cm³/mol. The van der Waals surface area contributed by atoms with Crippen molar-refractivity contribution < 1.29 is 4.79 Å². The average Bonchev–Trinajstić information content (AvgIpc) is 2.05. The van der Waals surface area contributed by atoms with Crippen LogP contribution in [0.5, 0.6) is 0 Å². The summed E-state index contributed by atoms with van der Waals surface area (Å²) < 4.78 is 0. The van der Waals surface area contributed by atoms with E-state index >= 15 is 0 Å². The molecule has 3 nitrogen and oxygen atoms in total. The van der Waals surface area contributed by atoms with Gasteiger partial charge in [-0.25, -0.2) is 0 Å². The Kier molecular flexibility index (Phi) is 2.68. The van der Waals surface area contributed by atoms with Crippen LogP contribution in [-0.2, 0) is 4.79 Å². The van der Waals surface area contributed by atoms with Crippen molar-refractivity contribution >= 4 is 6.41 Å². The highest BCUT2D eigenvalue weighted by molar-refractivity contribution is 5.48. The van der Waals surface area contributed by atoms with Crippen molar-refractivity contribution in [2.75, 3.05) is 20.1 Å². The lowest BCUT2D eigenvalue weighted by molar-refractivity contribution is 0.281. The van der Waals surface area contributed by atoms with Gasteiger partial charge in [0.05, 0.1) is 0 Å². The van der Waals surface area contributed by atoms with Crippen LogP contribution in [-0.4, -0.2) is 37.5 Å². The Morgan fingerprint density at radius 2 is 2.50 bits per heavy atom. The molecule has 1 N–H and O–H groups in total. The molecule has 1 rings (SSSR count). The Labute approximate surface area is 61.4 Å². The summed E-state index contributed by atoms with van der Waals surface area (Å²) in [7, 11) is 1.78. The van der Waals surface area contributed by atoms with Crippen molar-refractivity contribution in [2.45, 2.75) is 18.9 Å². The molecular weight excluding hydrogens is 128 g/mol. The lowest BCUT2D eigenvalue weighted by Crippen LogP contribution is -2.43. The Balaban J connectivity index is 2.30. The maximum absolute atomic E-state index is 10.2. The molecule has 1 aliphatic heterocycles. The van der Waals surface area contributed by atoms with E-state index in [1.807, 2.05) is 6.41 Å². The highest BCUT2D eigenvalue weighted by Crippen LogP contribution is 2.05. The first-order chi connectivity index (χ1) is 4.84. The molecule has 10 heavy (non-hydrogen) atoms. The molecule has 0 bridgehead atoms. The standard InChI is InChI=1S/C7H13N2O/c1-9(6-10)7-3-2-4-8-5-7/h7-8H,2-5H2,1H3. The minimum atomic E-state index is 0.367. The summed E-state index contributed by atoms with van der Waals surface area (Å²) in [6.45, 7) is 2.01. The molecule has 1 saturated heterocycles. The number of nitrogens with one attached hydrogen (secondary N) is 1. The normalized spacial score (nSPS) is 25.9. The third-order valence-electron chi connectivity index (χ3n) is 1.96. The van der Waals surface area contributed by atoms with Gasteiger partial charge in [0.25, 0.3) is 0 Å². The van der Waals surface area contributed by atoms with Crippen molar-refractivity contribution in [3.63, 3.8) is 0 Å². The van der Waals surface area contributed by atoms with Gasteiger partial charge >= 0.3 is 6.41 Å². The Morgan fingerprint density at radius 3 is 3.00 bits per heavy atom. The highest BCUT2D eigenvalue weighted by atomic mass is 16.1. The van der Waals surface area contributed by atoms with Crippen LogP contribution in [0.1, 0.15) is 12.8 Å². The maximum atomic E-state index is 10.2. The second-order valence-corrected chi connectivity index (χ2v) is 2.70. The summed E-state index contributed by atoms with van der Waals surface area (Å²) in [4.78, 5) is 11.8. The van der Waals surface area contributed by atoms with Gasteiger partial charge in [0, 0.05) is 19.6 Å². The molecule has 0 aromatic carbocycles. The van der Waals surface area contributed by atoms with E-state index in [1.54, 1.807) is 11.9 Å². The van der Waals surface area contributed by atoms with Crippen molar-refractivity contribution in [1.82, 2.24) is 10.2 Å². The van der Waals surface area contributed by atoms with Crippen LogP contribution in [0.15, 0.2) is 0 Å². The van der Waals surface area contributed by atoms with Crippen LogP contribution in [0, 0.1) is 0 Å². The molecule has 0 aromatic heterocycles.